The first-order chi connectivity index (χ1) is 6.20. The summed E-state index contributed by atoms with van der Waals surface area (Å²) in [6.45, 7) is 1.84. The van der Waals surface area contributed by atoms with Gasteiger partial charge in [-0.25, -0.2) is 9.77 Å². The number of hydrogen-bond acceptors (Lipinski definition) is 6. The number of aryl methyl sites for hydroxylation is 1. The first-order valence-corrected chi connectivity index (χ1v) is 4.60. The molecule has 2 aromatic heterocycles. The summed E-state index contributed by atoms with van der Waals surface area (Å²) in [6.07, 6.45) is 0. The molecule has 68 valence electrons. The summed E-state index contributed by atoms with van der Waals surface area (Å²) in [7, 11) is 0. The molecule has 0 aliphatic carbocycles. The molecule has 0 aromatic carbocycles. The van der Waals surface area contributed by atoms with Crippen LogP contribution in [0.3, 0.4) is 0 Å². The zero-order valence-corrected chi connectivity index (χ0v) is 8.32. The number of aromatic nitrogens is 5. The predicted octanol–water partition coefficient (Wildman–Crippen LogP) is 0.481. The fraction of sp³-hybridized carbons (Fsp3) is 0.200. The van der Waals surface area contributed by atoms with Crippen LogP contribution < -0.4 is 5.84 Å². The third-order valence-electron chi connectivity index (χ3n) is 1.56. The van der Waals surface area contributed by atoms with Gasteiger partial charge >= 0.3 is 0 Å². The molecule has 2 rings (SSSR count). The Labute approximate surface area is 82.5 Å². The van der Waals surface area contributed by atoms with Gasteiger partial charge < -0.3 is 5.84 Å². The summed E-state index contributed by atoms with van der Waals surface area (Å²) in [5.74, 6) is 6.20. The van der Waals surface area contributed by atoms with Gasteiger partial charge in [-0.2, -0.15) is 5.10 Å². The maximum atomic E-state index is 5.63. The molecular weight excluding hydrogens is 208 g/mol. The highest BCUT2D eigenvalue weighted by Crippen LogP contribution is 2.21. The molecule has 8 heteroatoms. The van der Waals surface area contributed by atoms with Gasteiger partial charge in [-0.3, -0.25) is 0 Å². The molecule has 0 spiro atoms. The second-order valence-corrected chi connectivity index (χ2v) is 3.55. The molecule has 6 nitrogen and oxygen atoms in total. The van der Waals surface area contributed by atoms with Crippen LogP contribution in [0.5, 0.6) is 0 Å². The summed E-state index contributed by atoms with van der Waals surface area (Å²) in [4.78, 5) is 0.829. The molecule has 2 aromatic rings. The Morgan fingerprint density at radius 1 is 1.62 bits per heavy atom. The van der Waals surface area contributed by atoms with Gasteiger partial charge in [0.15, 0.2) is 5.82 Å². The number of aromatic amines is 1. The maximum absolute atomic E-state index is 5.63. The zero-order chi connectivity index (χ0) is 9.42. The minimum absolute atomic E-state index is 0.378. The van der Waals surface area contributed by atoms with Crippen molar-refractivity contribution in [3.05, 3.63) is 10.5 Å². The summed E-state index contributed by atoms with van der Waals surface area (Å²) < 4.78 is 5.46. The van der Waals surface area contributed by atoms with E-state index in [2.05, 4.69) is 19.8 Å². The number of nitrogen functional groups attached to an aromatic ring is 1. The Morgan fingerprint density at radius 3 is 2.85 bits per heavy atom. The van der Waals surface area contributed by atoms with E-state index in [1.807, 2.05) is 6.92 Å². The van der Waals surface area contributed by atoms with Gasteiger partial charge in [0.2, 0.25) is 4.77 Å². The molecule has 0 aliphatic rings. The van der Waals surface area contributed by atoms with Crippen molar-refractivity contribution in [2.75, 3.05) is 5.84 Å². The van der Waals surface area contributed by atoms with Crippen LogP contribution in [0.4, 0.5) is 0 Å². The third-order valence-corrected chi connectivity index (χ3v) is 2.67. The average molecular weight is 214 g/mol. The van der Waals surface area contributed by atoms with Crippen LogP contribution in [0.25, 0.3) is 10.7 Å². The van der Waals surface area contributed by atoms with E-state index in [1.54, 1.807) is 0 Å². The quantitative estimate of drug-likeness (QED) is 0.532. The standard InChI is InChI=1S/C5H6N6S2/c1-2-3(13-10-7-2)4-8-9-5(12)11(4)6/h6H2,1H3,(H,9,12). The highest BCUT2D eigenvalue weighted by atomic mass is 32.1. The molecule has 0 bridgehead atoms. The van der Waals surface area contributed by atoms with E-state index in [0.29, 0.717) is 10.6 Å². The Morgan fingerprint density at radius 2 is 2.38 bits per heavy atom. The van der Waals surface area contributed by atoms with Crippen LogP contribution in [0.1, 0.15) is 5.69 Å². The van der Waals surface area contributed by atoms with E-state index in [9.17, 15) is 0 Å². The van der Waals surface area contributed by atoms with Gasteiger partial charge in [0.1, 0.15) is 4.88 Å². The molecule has 3 N–H and O–H groups in total. The number of nitrogens with one attached hydrogen (secondary N) is 1. The van der Waals surface area contributed by atoms with Crippen LogP contribution in [0.2, 0.25) is 0 Å². The fourth-order valence-electron chi connectivity index (χ4n) is 0.901. The Bertz CT molecular complexity index is 479. The lowest BCUT2D eigenvalue weighted by atomic mass is 10.4. The van der Waals surface area contributed by atoms with Crippen LogP contribution in [-0.2, 0) is 0 Å². The van der Waals surface area contributed by atoms with Gasteiger partial charge in [0, 0.05) is 0 Å². The third kappa shape index (κ3) is 1.23. The van der Waals surface area contributed by atoms with E-state index < -0.39 is 0 Å². The van der Waals surface area contributed by atoms with Crippen molar-refractivity contribution in [2.24, 2.45) is 0 Å². The minimum atomic E-state index is 0.378. The van der Waals surface area contributed by atoms with Gasteiger partial charge in [-0.1, -0.05) is 4.49 Å². The van der Waals surface area contributed by atoms with E-state index in [-0.39, 0.29) is 0 Å². The van der Waals surface area contributed by atoms with Gasteiger partial charge in [-0.05, 0) is 30.7 Å². The number of H-pyrrole nitrogens is 1. The van der Waals surface area contributed by atoms with Gasteiger partial charge in [0.05, 0.1) is 5.69 Å². The first kappa shape index (κ1) is 8.32. The van der Waals surface area contributed by atoms with Crippen molar-refractivity contribution >= 4 is 23.8 Å². The van der Waals surface area contributed by atoms with Gasteiger partial charge in [0.25, 0.3) is 0 Å². The largest absolute Gasteiger partial charge is 0.335 e. The number of nitrogens with zero attached hydrogens (tertiary/aromatic N) is 4. The first-order valence-electron chi connectivity index (χ1n) is 3.42. The van der Waals surface area contributed by atoms with Crippen molar-refractivity contribution in [2.45, 2.75) is 6.92 Å². The molecule has 13 heavy (non-hydrogen) atoms. The number of rotatable bonds is 1. The molecule has 2 heterocycles. The summed E-state index contributed by atoms with van der Waals surface area (Å²) in [5, 5.41) is 10.4. The zero-order valence-electron chi connectivity index (χ0n) is 6.68. The molecule has 0 saturated carbocycles. The van der Waals surface area contributed by atoms with Gasteiger partial charge in [-0.15, -0.1) is 5.10 Å². The van der Waals surface area contributed by atoms with Crippen molar-refractivity contribution < 1.29 is 0 Å². The second-order valence-electron chi connectivity index (χ2n) is 2.41. The fourth-order valence-corrected chi connectivity index (χ4v) is 1.68. The summed E-state index contributed by atoms with van der Waals surface area (Å²) in [5.41, 5.74) is 0.797. The molecular formula is C5H6N6S2. The predicted molar refractivity (Wildman–Crippen MR) is 51.2 cm³/mol. The second kappa shape index (κ2) is 2.89. The maximum Gasteiger partial charge on any atom is 0.214 e. The molecule has 0 atom stereocenters. The van der Waals surface area contributed by atoms with E-state index in [1.165, 1.54) is 16.2 Å². The minimum Gasteiger partial charge on any atom is -0.335 e. The van der Waals surface area contributed by atoms with Crippen molar-refractivity contribution in [1.29, 1.82) is 0 Å². The molecule has 0 saturated heterocycles. The van der Waals surface area contributed by atoms with E-state index in [4.69, 9.17) is 18.1 Å². The Balaban J connectivity index is 2.65. The lowest BCUT2D eigenvalue weighted by molar-refractivity contribution is 0.983. The average Bonchev–Trinajstić information content (AvgIpc) is 2.62. The SMILES string of the molecule is Cc1nnsc1-c1n[nH]c(=S)n1N. The summed E-state index contributed by atoms with van der Waals surface area (Å²) in [6, 6.07) is 0. The van der Waals surface area contributed by atoms with E-state index in [0.717, 1.165) is 10.6 Å². The normalized spacial score (nSPS) is 10.5. The number of nitrogens with two attached hydrogens (primary N) is 1. The molecule has 0 radical (unpaired) electrons. The topological polar surface area (TPSA) is 85.4 Å². The molecule has 0 aliphatic heterocycles. The van der Waals surface area contributed by atoms with Crippen molar-refractivity contribution in [3.8, 4) is 10.7 Å². The molecule has 0 unspecified atom stereocenters. The van der Waals surface area contributed by atoms with Crippen LogP contribution in [-0.4, -0.2) is 24.5 Å². The molecule has 0 fully saturated rings. The van der Waals surface area contributed by atoms with Crippen LogP contribution >= 0.6 is 23.8 Å². The molecule has 0 amide bonds. The monoisotopic (exact) mass is 214 g/mol. The van der Waals surface area contributed by atoms with Crippen LogP contribution in [0, 0.1) is 11.7 Å². The van der Waals surface area contributed by atoms with E-state index >= 15 is 0 Å². The van der Waals surface area contributed by atoms with Crippen molar-refractivity contribution in [1.82, 2.24) is 24.5 Å². The smallest absolute Gasteiger partial charge is 0.214 e. The lowest BCUT2D eigenvalue weighted by Crippen LogP contribution is -2.09. The Hall–Kier alpha value is -1.28. The van der Waals surface area contributed by atoms with Crippen LogP contribution in [0.15, 0.2) is 0 Å². The number of hydrogen-bond donors (Lipinski definition) is 2. The lowest BCUT2D eigenvalue weighted by Gasteiger charge is -1.94. The summed E-state index contributed by atoms with van der Waals surface area (Å²) >= 11 is 6.11. The highest BCUT2D eigenvalue weighted by Gasteiger charge is 2.12. The Kier molecular flexibility index (Phi) is 1.85. The van der Waals surface area contributed by atoms with Crippen molar-refractivity contribution in [3.63, 3.8) is 0 Å². The highest BCUT2D eigenvalue weighted by molar-refractivity contribution is 7.71.